The lowest BCUT2D eigenvalue weighted by Crippen LogP contribution is -2.42. The van der Waals surface area contributed by atoms with Crippen LogP contribution in [-0.2, 0) is 4.74 Å². The van der Waals surface area contributed by atoms with Crippen LogP contribution in [0.3, 0.4) is 0 Å². The van der Waals surface area contributed by atoms with E-state index in [0.29, 0.717) is 13.2 Å². The molecule has 0 aromatic heterocycles. The fraction of sp³-hybridized carbons (Fsp3) is 0.556. The van der Waals surface area contributed by atoms with E-state index in [4.69, 9.17) is 9.84 Å². The highest BCUT2D eigenvalue weighted by Gasteiger charge is 2.18. The summed E-state index contributed by atoms with van der Waals surface area (Å²) in [5, 5.41) is 8.86. The van der Waals surface area contributed by atoms with Crippen molar-refractivity contribution in [2.24, 2.45) is 0 Å². The number of allylic oxidation sites excluding steroid dienone is 1. The van der Waals surface area contributed by atoms with Crippen LogP contribution in [0.4, 0.5) is 0 Å². The Morgan fingerprint density at radius 2 is 2.50 bits per heavy atom. The molecule has 3 nitrogen and oxygen atoms in total. The third-order valence-electron chi connectivity index (χ3n) is 1.98. The Morgan fingerprint density at radius 3 is 3.08 bits per heavy atom. The smallest absolute Gasteiger partial charge is 0.0980 e. The molecule has 1 unspecified atom stereocenters. The number of nitrogens with zero attached hydrogens (tertiary/aromatic N) is 1. The van der Waals surface area contributed by atoms with Crippen LogP contribution in [0.2, 0.25) is 0 Å². The highest BCUT2D eigenvalue weighted by Crippen LogP contribution is 2.10. The van der Waals surface area contributed by atoms with Gasteiger partial charge in [0.25, 0.3) is 0 Å². The zero-order valence-electron chi connectivity index (χ0n) is 7.20. The molecule has 1 aliphatic heterocycles. The lowest BCUT2D eigenvalue weighted by atomic mass is 10.2. The first kappa shape index (κ1) is 9.29. The van der Waals surface area contributed by atoms with E-state index < -0.39 is 0 Å². The van der Waals surface area contributed by atoms with Gasteiger partial charge in [-0.05, 0) is 6.08 Å². The van der Waals surface area contributed by atoms with Gasteiger partial charge < -0.3 is 14.7 Å². The maximum atomic E-state index is 8.86. The summed E-state index contributed by atoms with van der Waals surface area (Å²) in [5.74, 6) is 0. The van der Waals surface area contributed by atoms with Crippen LogP contribution in [0, 0.1) is 0 Å². The highest BCUT2D eigenvalue weighted by molar-refractivity contribution is 5.10. The van der Waals surface area contributed by atoms with Crippen molar-refractivity contribution in [1.29, 1.82) is 0 Å². The minimum atomic E-state index is -0.0737. The molecule has 1 aliphatic rings. The maximum absolute atomic E-state index is 8.86. The lowest BCUT2D eigenvalue weighted by Gasteiger charge is -2.33. The molecule has 0 amide bonds. The third kappa shape index (κ3) is 2.09. The van der Waals surface area contributed by atoms with E-state index in [-0.39, 0.29) is 12.7 Å². The molecule has 0 aromatic rings. The molecule has 1 fully saturated rings. The summed E-state index contributed by atoms with van der Waals surface area (Å²) in [5.41, 5.74) is 0.900. The third-order valence-corrected chi connectivity index (χ3v) is 1.98. The van der Waals surface area contributed by atoms with Gasteiger partial charge >= 0.3 is 0 Å². The predicted molar refractivity (Wildman–Crippen MR) is 47.7 cm³/mol. The van der Waals surface area contributed by atoms with Gasteiger partial charge in [-0.15, -0.1) is 0 Å². The van der Waals surface area contributed by atoms with Crippen LogP contribution < -0.4 is 0 Å². The Hall–Kier alpha value is -0.800. The number of hydrogen-bond acceptors (Lipinski definition) is 3. The predicted octanol–water partition coefficient (Wildman–Crippen LogP) is 0.379. The Morgan fingerprint density at radius 1 is 1.75 bits per heavy atom. The van der Waals surface area contributed by atoms with Crippen LogP contribution in [0.5, 0.6) is 0 Å². The van der Waals surface area contributed by atoms with Gasteiger partial charge in [0.15, 0.2) is 0 Å². The number of hydrogen-bond donors (Lipinski definition) is 1. The zero-order valence-corrected chi connectivity index (χ0v) is 7.20. The number of rotatable bonds is 3. The molecule has 12 heavy (non-hydrogen) atoms. The average Bonchev–Trinajstić information content (AvgIpc) is 2.17. The molecule has 1 heterocycles. The molecule has 0 spiro atoms. The van der Waals surface area contributed by atoms with Crippen molar-refractivity contribution >= 4 is 0 Å². The standard InChI is InChI=1S/C9H15NO2/c1-3-8(2)10-4-5-12-9(6-10)7-11/h3,9,11H,1-2,4-7H2. The van der Waals surface area contributed by atoms with Gasteiger partial charge in [-0.1, -0.05) is 13.2 Å². The van der Waals surface area contributed by atoms with Crippen molar-refractivity contribution in [2.45, 2.75) is 6.10 Å². The number of aliphatic hydroxyl groups excluding tert-OH is 1. The van der Waals surface area contributed by atoms with Crippen LogP contribution in [0.1, 0.15) is 0 Å². The summed E-state index contributed by atoms with van der Waals surface area (Å²) in [6.45, 7) is 9.74. The molecular weight excluding hydrogens is 154 g/mol. The fourth-order valence-corrected chi connectivity index (χ4v) is 1.22. The molecule has 1 saturated heterocycles. The minimum Gasteiger partial charge on any atom is -0.394 e. The molecular formula is C9H15NO2. The summed E-state index contributed by atoms with van der Waals surface area (Å²) in [4.78, 5) is 2.07. The van der Waals surface area contributed by atoms with Crippen LogP contribution in [-0.4, -0.2) is 42.4 Å². The summed E-state index contributed by atoms with van der Waals surface area (Å²) in [6, 6.07) is 0. The van der Waals surface area contributed by atoms with E-state index in [9.17, 15) is 0 Å². The van der Waals surface area contributed by atoms with Gasteiger partial charge in [-0.3, -0.25) is 0 Å². The van der Waals surface area contributed by atoms with Crippen LogP contribution >= 0.6 is 0 Å². The molecule has 1 atom stereocenters. The van der Waals surface area contributed by atoms with E-state index >= 15 is 0 Å². The fourth-order valence-electron chi connectivity index (χ4n) is 1.22. The molecule has 0 radical (unpaired) electrons. The Kier molecular flexibility index (Phi) is 3.31. The van der Waals surface area contributed by atoms with Gasteiger partial charge in [0.2, 0.25) is 0 Å². The average molecular weight is 169 g/mol. The first-order valence-electron chi connectivity index (χ1n) is 4.06. The van der Waals surface area contributed by atoms with Gasteiger partial charge in [0.1, 0.15) is 0 Å². The molecule has 0 aromatic carbocycles. The molecule has 3 heteroatoms. The summed E-state index contributed by atoms with van der Waals surface area (Å²) < 4.78 is 5.28. The quantitative estimate of drug-likeness (QED) is 0.620. The lowest BCUT2D eigenvalue weighted by molar-refractivity contribution is -0.0419. The monoisotopic (exact) mass is 169 g/mol. The molecule has 1 N–H and O–H groups in total. The van der Waals surface area contributed by atoms with Crippen molar-refractivity contribution in [2.75, 3.05) is 26.3 Å². The second kappa shape index (κ2) is 4.28. The molecule has 68 valence electrons. The van der Waals surface area contributed by atoms with Crippen LogP contribution in [0.15, 0.2) is 24.9 Å². The topological polar surface area (TPSA) is 32.7 Å². The maximum Gasteiger partial charge on any atom is 0.0980 e. The van der Waals surface area contributed by atoms with E-state index in [1.165, 1.54) is 0 Å². The second-order valence-corrected chi connectivity index (χ2v) is 2.82. The number of morpholine rings is 1. The first-order valence-corrected chi connectivity index (χ1v) is 4.06. The van der Waals surface area contributed by atoms with Crippen molar-refractivity contribution in [3.63, 3.8) is 0 Å². The van der Waals surface area contributed by atoms with Crippen molar-refractivity contribution < 1.29 is 9.84 Å². The van der Waals surface area contributed by atoms with Crippen LogP contribution in [0.25, 0.3) is 0 Å². The Labute approximate surface area is 72.9 Å². The summed E-state index contributed by atoms with van der Waals surface area (Å²) in [6.07, 6.45) is 1.65. The van der Waals surface area contributed by atoms with Crippen molar-refractivity contribution in [3.05, 3.63) is 24.9 Å². The molecule has 0 aliphatic carbocycles. The Balaban J connectivity index is 2.45. The van der Waals surface area contributed by atoms with Gasteiger partial charge in [0, 0.05) is 18.8 Å². The minimum absolute atomic E-state index is 0.0704. The molecule has 0 saturated carbocycles. The SMILES string of the molecule is C=CC(=C)N1CCOC(CO)C1. The number of aliphatic hydroxyl groups is 1. The van der Waals surface area contributed by atoms with E-state index in [0.717, 1.165) is 12.2 Å². The summed E-state index contributed by atoms with van der Waals surface area (Å²) >= 11 is 0. The van der Waals surface area contributed by atoms with Crippen molar-refractivity contribution in [3.8, 4) is 0 Å². The largest absolute Gasteiger partial charge is 0.394 e. The zero-order chi connectivity index (χ0) is 8.97. The molecule has 0 bridgehead atoms. The van der Waals surface area contributed by atoms with E-state index in [1.807, 2.05) is 0 Å². The first-order chi connectivity index (χ1) is 5.77. The number of ether oxygens (including phenoxy) is 1. The highest BCUT2D eigenvalue weighted by atomic mass is 16.5. The normalized spacial score (nSPS) is 23.8. The summed E-state index contributed by atoms with van der Waals surface area (Å²) in [7, 11) is 0. The Bertz CT molecular complexity index is 179. The second-order valence-electron chi connectivity index (χ2n) is 2.82. The van der Waals surface area contributed by atoms with E-state index in [1.54, 1.807) is 6.08 Å². The van der Waals surface area contributed by atoms with Gasteiger partial charge in [-0.25, -0.2) is 0 Å². The van der Waals surface area contributed by atoms with Gasteiger partial charge in [-0.2, -0.15) is 0 Å². The van der Waals surface area contributed by atoms with Gasteiger partial charge in [0.05, 0.1) is 19.3 Å². The molecule has 1 rings (SSSR count). The van der Waals surface area contributed by atoms with Crippen molar-refractivity contribution in [1.82, 2.24) is 4.90 Å². The van der Waals surface area contributed by atoms with E-state index in [2.05, 4.69) is 18.1 Å².